The lowest BCUT2D eigenvalue weighted by Crippen LogP contribution is -2.20. The average molecular weight is 263 g/mol. The number of hydrogen-bond donors (Lipinski definition) is 0. The number of Topliss-reactive ketones (excluding diaryl/α,β-unsaturated/α-hetero) is 1. The molecule has 1 aliphatic heterocycles. The van der Waals surface area contributed by atoms with E-state index >= 15 is 0 Å². The topological polar surface area (TPSA) is 26.3 Å². The second-order valence-electron chi connectivity index (χ2n) is 3.64. The van der Waals surface area contributed by atoms with Crippen molar-refractivity contribution in [1.29, 1.82) is 0 Å². The van der Waals surface area contributed by atoms with Gasteiger partial charge in [0.25, 0.3) is 0 Å². The Morgan fingerprint density at radius 2 is 2.12 bits per heavy atom. The van der Waals surface area contributed by atoms with Crippen LogP contribution < -0.4 is 0 Å². The Morgan fingerprint density at radius 1 is 1.38 bits per heavy atom. The van der Waals surface area contributed by atoms with E-state index in [-0.39, 0.29) is 22.8 Å². The molecule has 1 fully saturated rings. The maximum atomic E-state index is 13.7. The first-order valence-corrected chi connectivity index (χ1v) is 5.61. The Balaban J connectivity index is 2.35. The number of carbonyl (C=O) groups is 1. The van der Waals surface area contributed by atoms with E-state index < -0.39 is 11.9 Å². The lowest BCUT2D eigenvalue weighted by atomic mass is 10.00. The highest BCUT2D eigenvalue weighted by molar-refractivity contribution is 6.34. The minimum absolute atomic E-state index is 0.0517. The highest BCUT2D eigenvalue weighted by Gasteiger charge is 2.25. The summed E-state index contributed by atoms with van der Waals surface area (Å²) in [5.74, 6) is -0.502. The van der Waals surface area contributed by atoms with Crippen molar-refractivity contribution in [3.05, 3.63) is 33.6 Å². The zero-order valence-corrected chi connectivity index (χ0v) is 9.82. The van der Waals surface area contributed by atoms with Crippen molar-refractivity contribution in [2.24, 2.45) is 0 Å². The molecule has 1 unspecified atom stereocenters. The summed E-state index contributed by atoms with van der Waals surface area (Å²) in [6, 6.07) is 2.78. The van der Waals surface area contributed by atoms with Crippen LogP contribution in [0.3, 0.4) is 0 Å². The first-order valence-electron chi connectivity index (χ1n) is 4.85. The van der Waals surface area contributed by atoms with Gasteiger partial charge in [0.05, 0.1) is 17.7 Å². The summed E-state index contributed by atoms with van der Waals surface area (Å²) in [4.78, 5) is 11.3. The highest BCUT2D eigenvalue weighted by Crippen LogP contribution is 2.33. The quantitative estimate of drug-likeness (QED) is 0.724. The molecule has 5 heteroatoms. The molecule has 1 saturated heterocycles. The van der Waals surface area contributed by atoms with E-state index in [0.29, 0.717) is 18.1 Å². The molecule has 2 nitrogen and oxygen atoms in total. The minimum atomic E-state index is -0.572. The van der Waals surface area contributed by atoms with Crippen LogP contribution in [0.1, 0.15) is 24.5 Å². The van der Waals surface area contributed by atoms with E-state index in [1.807, 2.05) is 0 Å². The zero-order valence-electron chi connectivity index (χ0n) is 8.30. The summed E-state index contributed by atoms with van der Waals surface area (Å²) in [6.07, 6.45) is -0.0162. The van der Waals surface area contributed by atoms with Gasteiger partial charge in [-0.3, -0.25) is 4.79 Å². The van der Waals surface area contributed by atoms with Crippen LogP contribution in [-0.4, -0.2) is 12.4 Å². The van der Waals surface area contributed by atoms with Crippen LogP contribution in [0.15, 0.2) is 12.1 Å². The van der Waals surface area contributed by atoms with Crippen molar-refractivity contribution in [3.63, 3.8) is 0 Å². The van der Waals surface area contributed by atoms with Gasteiger partial charge in [-0.25, -0.2) is 4.39 Å². The molecule has 86 valence electrons. The van der Waals surface area contributed by atoms with E-state index in [0.717, 1.165) is 0 Å². The molecule has 1 aromatic carbocycles. The molecular formula is C11H9Cl2FO2. The van der Waals surface area contributed by atoms with Gasteiger partial charge < -0.3 is 4.74 Å². The Hall–Kier alpha value is -0.640. The first-order chi connectivity index (χ1) is 7.58. The molecular weight excluding hydrogens is 254 g/mol. The normalized spacial score (nSPS) is 21.2. The van der Waals surface area contributed by atoms with Gasteiger partial charge >= 0.3 is 0 Å². The van der Waals surface area contributed by atoms with Crippen molar-refractivity contribution in [1.82, 2.24) is 0 Å². The van der Waals surface area contributed by atoms with Gasteiger partial charge in [0, 0.05) is 23.4 Å². The van der Waals surface area contributed by atoms with E-state index in [9.17, 15) is 9.18 Å². The SMILES string of the molecule is O=C1CCOC(c2cc(Cl)cc(Cl)c2F)C1. The average Bonchev–Trinajstić information content (AvgIpc) is 2.23. The maximum Gasteiger partial charge on any atom is 0.147 e. The lowest BCUT2D eigenvalue weighted by Gasteiger charge is -2.22. The third-order valence-electron chi connectivity index (χ3n) is 2.48. The van der Waals surface area contributed by atoms with E-state index in [1.54, 1.807) is 0 Å². The Labute approximate surface area is 102 Å². The molecule has 0 spiro atoms. The predicted molar refractivity (Wildman–Crippen MR) is 59.4 cm³/mol. The van der Waals surface area contributed by atoms with Gasteiger partial charge in [-0.15, -0.1) is 0 Å². The predicted octanol–water partition coefficient (Wildman–Crippen LogP) is 3.55. The van der Waals surface area contributed by atoms with Crippen LogP contribution >= 0.6 is 23.2 Å². The zero-order chi connectivity index (χ0) is 11.7. The molecule has 0 aliphatic carbocycles. The Morgan fingerprint density at radius 3 is 2.81 bits per heavy atom. The second-order valence-corrected chi connectivity index (χ2v) is 4.49. The second kappa shape index (κ2) is 4.70. The molecule has 16 heavy (non-hydrogen) atoms. The number of halogens is 3. The van der Waals surface area contributed by atoms with Crippen LogP contribution in [0.4, 0.5) is 4.39 Å². The van der Waals surface area contributed by atoms with Crippen molar-refractivity contribution >= 4 is 29.0 Å². The Kier molecular flexibility index (Phi) is 3.47. The van der Waals surface area contributed by atoms with Gasteiger partial charge in [0.2, 0.25) is 0 Å². The molecule has 0 saturated carbocycles. The molecule has 0 radical (unpaired) electrons. The van der Waals surface area contributed by atoms with E-state index in [2.05, 4.69) is 0 Å². The molecule has 1 atom stereocenters. The molecule has 0 bridgehead atoms. The van der Waals surface area contributed by atoms with Gasteiger partial charge in [-0.2, -0.15) is 0 Å². The number of carbonyl (C=O) groups excluding carboxylic acids is 1. The number of rotatable bonds is 1. The van der Waals surface area contributed by atoms with Crippen molar-refractivity contribution in [2.45, 2.75) is 18.9 Å². The van der Waals surface area contributed by atoms with Crippen LogP contribution in [0.25, 0.3) is 0 Å². The summed E-state index contributed by atoms with van der Waals surface area (Å²) < 4.78 is 19.1. The first kappa shape index (κ1) is 11.8. The molecule has 0 amide bonds. The van der Waals surface area contributed by atoms with Crippen molar-refractivity contribution < 1.29 is 13.9 Å². The monoisotopic (exact) mass is 262 g/mol. The standard InChI is InChI=1S/C11H9Cl2FO2/c12-6-3-8(11(14)9(13)4-6)10-5-7(15)1-2-16-10/h3-4,10H,1-2,5H2. The van der Waals surface area contributed by atoms with Gasteiger partial charge in [-0.05, 0) is 12.1 Å². The third-order valence-corrected chi connectivity index (χ3v) is 2.97. The molecule has 0 N–H and O–H groups in total. The highest BCUT2D eigenvalue weighted by atomic mass is 35.5. The summed E-state index contributed by atoms with van der Waals surface area (Å²) in [5, 5.41) is 0.284. The van der Waals surface area contributed by atoms with Crippen LogP contribution in [0.2, 0.25) is 10.0 Å². The smallest absolute Gasteiger partial charge is 0.147 e. The number of ether oxygens (including phenoxy) is 1. The fraction of sp³-hybridized carbons (Fsp3) is 0.364. The Bertz CT molecular complexity index is 434. The minimum Gasteiger partial charge on any atom is -0.372 e. The fourth-order valence-corrected chi connectivity index (χ4v) is 2.20. The van der Waals surface area contributed by atoms with E-state index in [4.69, 9.17) is 27.9 Å². The third kappa shape index (κ3) is 2.37. The lowest BCUT2D eigenvalue weighted by molar-refractivity contribution is -0.128. The van der Waals surface area contributed by atoms with Crippen LogP contribution in [0.5, 0.6) is 0 Å². The van der Waals surface area contributed by atoms with Crippen LogP contribution in [-0.2, 0) is 9.53 Å². The van der Waals surface area contributed by atoms with E-state index in [1.165, 1.54) is 12.1 Å². The molecule has 1 aliphatic rings. The molecule has 0 aromatic heterocycles. The number of benzene rings is 1. The molecule has 1 heterocycles. The fourth-order valence-electron chi connectivity index (χ4n) is 1.69. The number of ketones is 1. The maximum absolute atomic E-state index is 13.7. The van der Waals surface area contributed by atoms with Crippen molar-refractivity contribution in [2.75, 3.05) is 6.61 Å². The summed E-state index contributed by atoms with van der Waals surface area (Å²) in [5.41, 5.74) is 0.255. The van der Waals surface area contributed by atoms with Gasteiger partial charge in [0.1, 0.15) is 11.6 Å². The largest absolute Gasteiger partial charge is 0.372 e. The summed E-state index contributed by atoms with van der Waals surface area (Å²) in [6.45, 7) is 0.313. The van der Waals surface area contributed by atoms with Gasteiger partial charge in [-0.1, -0.05) is 23.2 Å². The number of hydrogen-bond acceptors (Lipinski definition) is 2. The van der Waals surface area contributed by atoms with Crippen molar-refractivity contribution in [3.8, 4) is 0 Å². The molecule has 2 rings (SSSR count). The van der Waals surface area contributed by atoms with Crippen LogP contribution in [0, 0.1) is 5.82 Å². The molecule has 1 aromatic rings. The van der Waals surface area contributed by atoms with Gasteiger partial charge in [0.15, 0.2) is 0 Å². The summed E-state index contributed by atoms with van der Waals surface area (Å²) in [7, 11) is 0. The summed E-state index contributed by atoms with van der Waals surface area (Å²) >= 11 is 11.5.